The highest BCUT2D eigenvalue weighted by Crippen LogP contribution is 2.47. The van der Waals surface area contributed by atoms with Crippen molar-refractivity contribution in [2.45, 2.75) is 18.5 Å². The number of nitrogens with one attached hydrogen (secondary N) is 1. The van der Waals surface area contributed by atoms with E-state index in [2.05, 4.69) is 11.4 Å². The number of anilines is 1. The van der Waals surface area contributed by atoms with Gasteiger partial charge in [-0.05, 0) is 59.5 Å². The van der Waals surface area contributed by atoms with Crippen molar-refractivity contribution in [2.75, 3.05) is 18.5 Å². The Bertz CT molecular complexity index is 1240. The van der Waals surface area contributed by atoms with Gasteiger partial charge in [-0.3, -0.25) is 4.79 Å². The first-order chi connectivity index (χ1) is 15.6. The molecule has 0 aromatic heterocycles. The average Bonchev–Trinajstić information content (AvgIpc) is 3.29. The monoisotopic (exact) mass is 427 g/mol. The van der Waals surface area contributed by atoms with E-state index in [9.17, 15) is 19.6 Å². The predicted molar refractivity (Wildman–Crippen MR) is 119 cm³/mol. The molecule has 3 aromatic rings. The van der Waals surface area contributed by atoms with Crippen LogP contribution in [0.25, 0.3) is 11.1 Å². The van der Waals surface area contributed by atoms with Gasteiger partial charge in [0, 0.05) is 18.2 Å². The minimum Gasteiger partial charge on any atom is -0.394 e. The Hall–Kier alpha value is -3.69. The van der Waals surface area contributed by atoms with Crippen LogP contribution in [0.2, 0.25) is 0 Å². The van der Waals surface area contributed by atoms with Crippen molar-refractivity contribution in [3.05, 3.63) is 89.2 Å². The predicted octanol–water partition coefficient (Wildman–Crippen LogP) is 4.35. The molecule has 0 bridgehead atoms. The van der Waals surface area contributed by atoms with Crippen LogP contribution < -0.4 is 5.32 Å². The van der Waals surface area contributed by atoms with E-state index in [4.69, 9.17) is 0 Å². The van der Waals surface area contributed by atoms with Crippen LogP contribution in [-0.4, -0.2) is 35.1 Å². The minimum atomic E-state index is -0.532. The minimum absolute atomic E-state index is 0.0175. The summed E-state index contributed by atoms with van der Waals surface area (Å²) < 4.78 is 14.4. The lowest BCUT2D eigenvalue weighted by Gasteiger charge is -2.39. The maximum absolute atomic E-state index is 14.4. The first kappa shape index (κ1) is 20.2. The highest BCUT2D eigenvalue weighted by atomic mass is 19.1. The van der Waals surface area contributed by atoms with E-state index in [0.717, 1.165) is 28.8 Å². The number of hydrogen-bond donors (Lipinski definition) is 2. The summed E-state index contributed by atoms with van der Waals surface area (Å²) in [7, 11) is 0. The Kier molecular flexibility index (Phi) is 5.12. The maximum Gasteiger partial charge on any atom is 0.257 e. The van der Waals surface area contributed by atoms with Crippen LogP contribution in [0.3, 0.4) is 0 Å². The van der Waals surface area contributed by atoms with Crippen molar-refractivity contribution in [3.8, 4) is 17.2 Å². The fourth-order valence-corrected chi connectivity index (χ4v) is 5.03. The molecule has 3 aromatic carbocycles. The summed E-state index contributed by atoms with van der Waals surface area (Å²) >= 11 is 0. The van der Waals surface area contributed by atoms with Crippen LogP contribution in [0.4, 0.5) is 10.1 Å². The second-order valence-corrected chi connectivity index (χ2v) is 8.30. The number of aliphatic hydroxyl groups excluding tert-OH is 1. The molecule has 0 saturated carbocycles. The van der Waals surface area contributed by atoms with Crippen molar-refractivity contribution in [3.63, 3.8) is 0 Å². The molecule has 1 saturated heterocycles. The molecule has 6 heteroatoms. The number of benzene rings is 3. The van der Waals surface area contributed by atoms with Crippen LogP contribution in [0.1, 0.15) is 33.9 Å². The lowest BCUT2D eigenvalue weighted by atomic mass is 9.82. The van der Waals surface area contributed by atoms with Gasteiger partial charge in [0.15, 0.2) is 0 Å². The van der Waals surface area contributed by atoms with Crippen molar-refractivity contribution in [2.24, 2.45) is 5.92 Å². The average molecular weight is 427 g/mol. The summed E-state index contributed by atoms with van der Waals surface area (Å²) in [4.78, 5) is 15.1. The van der Waals surface area contributed by atoms with Crippen LogP contribution in [-0.2, 0) is 0 Å². The molecular formula is C26H22FN3O2. The molecule has 5 rings (SSSR count). The molecular weight excluding hydrogens is 405 g/mol. The number of fused-ring (bicyclic) bond motifs is 3. The van der Waals surface area contributed by atoms with E-state index in [1.54, 1.807) is 23.1 Å². The van der Waals surface area contributed by atoms with Gasteiger partial charge in [-0.2, -0.15) is 5.26 Å². The Morgan fingerprint density at radius 2 is 1.94 bits per heavy atom. The van der Waals surface area contributed by atoms with E-state index in [1.807, 2.05) is 36.4 Å². The summed E-state index contributed by atoms with van der Waals surface area (Å²) in [5.41, 5.74) is 4.30. The molecule has 0 spiro atoms. The van der Waals surface area contributed by atoms with Gasteiger partial charge in [0.1, 0.15) is 5.82 Å². The number of nitriles is 1. The Morgan fingerprint density at radius 3 is 2.72 bits per heavy atom. The summed E-state index contributed by atoms with van der Waals surface area (Å²) in [6.07, 6.45) is 0.719. The summed E-state index contributed by atoms with van der Waals surface area (Å²) in [6.45, 7) is 0.447. The Morgan fingerprint density at radius 1 is 1.12 bits per heavy atom. The molecule has 0 unspecified atom stereocenters. The molecule has 1 amide bonds. The van der Waals surface area contributed by atoms with E-state index in [1.165, 1.54) is 12.1 Å². The van der Waals surface area contributed by atoms with Gasteiger partial charge in [0.25, 0.3) is 5.91 Å². The number of rotatable bonds is 3. The van der Waals surface area contributed by atoms with Gasteiger partial charge in [-0.25, -0.2) is 4.39 Å². The SMILES string of the molecule is N#Cc1cccc(-c2ccc3c(c2)[C@H]2[C@H](CCN2C(=O)c2ccccc2F)[C@@H](CO)N3)c1. The first-order valence-corrected chi connectivity index (χ1v) is 10.7. The van der Waals surface area contributed by atoms with Gasteiger partial charge >= 0.3 is 0 Å². The summed E-state index contributed by atoms with van der Waals surface area (Å²) in [5.74, 6) is -0.850. The number of amides is 1. The molecule has 160 valence electrons. The highest BCUT2D eigenvalue weighted by Gasteiger charge is 2.46. The zero-order chi connectivity index (χ0) is 22.2. The van der Waals surface area contributed by atoms with Crippen LogP contribution in [0.15, 0.2) is 66.7 Å². The molecule has 3 atom stereocenters. The number of carbonyl (C=O) groups is 1. The molecule has 5 nitrogen and oxygen atoms in total. The van der Waals surface area contributed by atoms with Crippen LogP contribution >= 0.6 is 0 Å². The molecule has 2 heterocycles. The molecule has 2 aliphatic heterocycles. The van der Waals surface area contributed by atoms with Crippen molar-refractivity contribution >= 4 is 11.6 Å². The number of aliphatic hydroxyl groups is 1. The molecule has 0 radical (unpaired) electrons. The van der Waals surface area contributed by atoms with E-state index in [-0.39, 0.29) is 36.1 Å². The second-order valence-electron chi connectivity index (χ2n) is 8.30. The van der Waals surface area contributed by atoms with Crippen LogP contribution in [0, 0.1) is 23.1 Å². The lowest BCUT2D eigenvalue weighted by Crippen LogP contribution is -2.43. The molecule has 1 fully saturated rings. The smallest absolute Gasteiger partial charge is 0.257 e. The van der Waals surface area contributed by atoms with E-state index >= 15 is 0 Å². The van der Waals surface area contributed by atoms with Crippen molar-refractivity contribution < 1.29 is 14.3 Å². The quantitative estimate of drug-likeness (QED) is 0.651. The third-order valence-electron chi connectivity index (χ3n) is 6.56. The number of likely N-dealkylation sites (tertiary alicyclic amines) is 1. The largest absolute Gasteiger partial charge is 0.394 e. The standard InChI is InChI=1S/C26H22FN3O2/c27-22-7-2-1-6-19(22)26(32)30-11-10-20-24(15-31)29-23-9-8-18(13-21(23)25(20)30)17-5-3-4-16(12-17)14-28/h1-9,12-13,20,24-25,29,31H,10-11,15H2/t20-,24-,25-/m1/s1. The van der Waals surface area contributed by atoms with Gasteiger partial charge in [-0.15, -0.1) is 0 Å². The van der Waals surface area contributed by atoms with Gasteiger partial charge < -0.3 is 15.3 Å². The highest BCUT2D eigenvalue weighted by molar-refractivity contribution is 5.95. The fourth-order valence-electron chi connectivity index (χ4n) is 5.03. The normalized spacial score (nSPS) is 21.3. The maximum atomic E-state index is 14.4. The van der Waals surface area contributed by atoms with Gasteiger partial charge in [0.2, 0.25) is 0 Å². The number of hydrogen-bond acceptors (Lipinski definition) is 4. The van der Waals surface area contributed by atoms with Crippen LogP contribution in [0.5, 0.6) is 0 Å². The molecule has 2 N–H and O–H groups in total. The number of carbonyl (C=O) groups excluding carboxylic acids is 1. The fraction of sp³-hybridized carbons (Fsp3) is 0.231. The number of nitrogens with zero attached hydrogens (tertiary/aromatic N) is 2. The lowest BCUT2D eigenvalue weighted by molar-refractivity contribution is 0.0696. The van der Waals surface area contributed by atoms with Crippen molar-refractivity contribution in [1.82, 2.24) is 4.90 Å². The Labute approximate surface area is 185 Å². The summed E-state index contributed by atoms with van der Waals surface area (Å²) in [6, 6.07) is 21.1. The van der Waals surface area contributed by atoms with E-state index < -0.39 is 5.82 Å². The molecule has 0 aliphatic carbocycles. The van der Waals surface area contributed by atoms with E-state index in [0.29, 0.717) is 12.1 Å². The first-order valence-electron chi connectivity index (χ1n) is 10.7. The molecule has 32 heavy (non-hydrogen) atoms. The second kappa shape index (κ2) is 8.10. The third kappa shape index (κ3) is 3.31. The number of halogens is 1. The van der Waals surface area contributed by atoms with Crippen molar-refractivity contribution in [1.29, 1.82) is 5.26 Å². The zero-order valence-electron chi connectivity index (χ0n) is 17.3. The van der Waals surface area contributed by atoms with Gasteiger partial charge in [-0.1, -0.05) is 30.3 Å². The summed E-state index contributed by atoms with van der Waals surface area (Å²) in [5, 5.41) is 22.6. The zero-order valence-corrected chi connectivity index (χ0v) is 17.3. The topological polar surface area (TPSA) is 76.4 Å². The Balaban J connectivity index is 1.59. The molecule has 2 aliphatic rings. The third-order valence-corrected chi connectivity index (χ3v) is 6.56. The van der Waals surface area contributed by atoms with Gasteiger partial charge in [0.05, 0.1) is 35.9 Å².